The van der Waals surface area contributed by atoms with Crippen LogP contribution in [-0.4, -0.2) is 35.6 Å². The Labute approximate surface area is 184 Å². The van der Waals surface area contributed by atoms with Gasteiger partial charge >= 0.3 is 0 Å². The van der Waals surface area contributed by atoms with Crippen molar-refractivity contribution in [2.45, 2.75) is 51.9 Å². The van der Waals surface area contributed by atoms with Gasteiger partial charge < -0.3 is 19.9 Å². The first-order valence-corrected chi connectivity index (χ1v) is 11.4. The predicted molar refractivity (Wildman–Crippen MR) is 126 cm³/mol. The predicted octanol–water partition coefficient (Wildman–Crippen LogP) is 5.47. The molecule has 0 spiro atoms. The van der Waals surface area contributed by atoms with E-state index in [1.807, 2.05) is 36.4 Å². The maximum absolute atomic E-state index is 12.6. The second-order valence-corrected chi connectivity index (χ2v) is 8.17. The summed E-state index contributed by atoms with van der Waals surface area (Å²) in [6, 6.07) is 13.5. The number of ether oxygens (including phenoxy) is 1. The number of carbonyl (C=O) groups is 1. The fourth-order valence-electron chi connectivity index (χ4n) is 4.41. The van der Waals surface area contributed by atoms with E-state index in [1.54, 1.807) is 0 Å². The Morgan fingerprint density at radius 2 is 1.87 bits per heavy atom. The SMILES string of the molecule is CCN(CC)c1cc2nc(C3CCCCC3)[nH]c2cc1NC(=O)COc1ccccc1. The van der Waals surface area contributed by atoms with Crippen molar-refractivity contribution in [2.24, 2.45) is 0 Å². The average molecular weight is 421 g/mol. The number of anilines is 2. The minimum absolute atomic E-state index is 0.0317. The van der Waals surface area contributed by atoms with Crippen molar-refractivity contribution in [3.8, 4) is 5.75 Å². The minimum atomic E-state index is -0.177. The molecule has 0 bridgehead atoms. The van der Waals surface area contributed by atoms with Crippen molar-refractivity contribution in [3.05, 3.63) is 48.3 Å². The number of hydrogen-bond acceptors (Lipinski definition) is 4. The van der Waals surface area contributed by atoms with Gasteiger partial charge in [-0.1, -0.05) is 37.5 Å². The van der Waals surface area contributed by atoms with Gasteiger partial charge in [-0.15, -0.1) is 0 Å². The lowest BCUT2D eigenvalue weighted by Gasteiger charge is -2.24. The van der Waals surface area contributed by atoms with Gasteiger partial charge in [0, 0.05) is 19.0 Å². The Kier molecular flexibility index (Phi) is 6.75. The zero-order valence-corrected chi connectivity index (χ0v) is 18.5. The summed E-state index contributed by atoms with van der Waals surface area (Å²) in [6.07, 6.45) is 6.26. The Morgan fingerprint density at radius 1 is 1.13 bits per heavy atom. The number of fused-ring (bicyclic) bond motifs is 1. The Balaban J connectivity index is 1.58. The number of carbonyl (C=O) groups excluding carboxylic acids is 1. The number of hydrogen-bond donors (Lipinski definition) is 2. The number of H-pyrrole nitrogens is 1. The molecule has 1 aliphatic rings. The third-order valence-corrected chi connectivity index (χ3v) is 6.10. The number of para-hydroxylation sites is 1. The molecule has 1 heterocycles. The van der Waals surface area contributed by atoms with E-state index < -0.39 is 0 Å². The first kappa shape index (κ1) is 21.2. The van der Waals surface area contributed by atoms with E-state index in [0.29, 0.717) is 11.7 Å². The summed E-state index contributed by atoms with van der Waals surface area (Å²) < 4.78 is 5.62. The summed E-state index contributed by atoms with van der Waals surface area (Å²) in [7, 11) is 0. The molecule has 0 radical (unpaired) electrons. The van der Waals surface area contributed by atoms with Crippen LogP contribution in [0.15, 0.2) is 42.5 Å². The first-order chi connectivity index (χ1) is 15.2. The minimum Gasteiger partial charge on any atom is -0.484 e. The molecular weight excluding hydrogens is 388 g/mol. The van der Waals surface area contributed by atoms with Crippen LogP contribution >= 0.6 is 0 Å². The lowest BCUT2D eigenvalue weighted by molar-refractivity contribution is -0.118. The van der Waals surface area contributed by atoms with Gasteiger partial charge in [-0.05, 0) is 51.0 Å². The van der Waals surface area contributed by atoms with Crippen LogP contribution in [0.25, 0.3) is 11.0 Å². The second kappa shape index (κ2) is 9.86. The summed E-state index contributed by atoms with van der Waals surface area (Å²) in [5.74, 6) is 2.10. The van der Waals surface area contributed by atoms with Gasteiger partial charge in [0.2, 0.25) is 0 Å². The van der Waals surface area contributed by atoms with Crippen LogP contribution in [0.5, 0.6) is 5.75 Å². The van der Waals surface area contributed by atoms with Crippen LogP contribution in [0.4, 0.5) is 11.4 Å². The number of aromatic nitrogens is 2. The molecule has 4 rings (SSSR count). The number of amides is 1. The second-order valence-electron chi connectivity index (χ2n) is 8.17. The van der Waals surface area contributed by atoms with Crippen molar-refractivity contribution in [1.29, 1.82) is 0 Å². The molecule has 31 heavy (non-hydrogen) atoms. The Bertz CT molecular complexity index is 1010. The fourth-order valence-corrected chi connectivity index (χ4v) is 4.41. The quantitative estimate of drug-likeness (QED) is 0.507. The molecule has 1 saturated carbocycles. The van der Waals surface area contributed by atoms with Gasteiger partial charge in [0.05, 0.1) is 22.4 Å². The van der Waals surface area contributed by atoms with Gasteiger partial charge in [-0.25, -0.2) is 4.98 Å². The standard InChI is InChI=1S/C25H32N4O2/c1-3-29(4-2)23-16-21-20(27-25(28-21)18-11-7-5-8-12-18)15-22(23)26-24(30)17-31-19-13-9-6-10-14-19/h6,9-10,13-16,18H,3-5,7-8,11-12,17H2,1-2H3,(H,26,30)(H,27,28). The van der Waals surface area contributed by atoms with Crippen molar-refractivity contribution in [1.82, 2.24) is 9.97 Å². The number of nitrogens with one attached hydrogen (secondary N) is 2. The smallest absolute Gasteiger partial charge is 0.262 e. The van der Waals surface area contributed by atoms with Crippen molar-refractivity contribution in [3.63, 3.8) is 0 Å². The van der Waals surface area contributed by atoms with Crippen molar-refractivity contribution >= 4 is 28.3 Å². The van der Waals surface area contributed by atoms with Gasteiger partial charge in [0.15, 0.2) is 6.61 Å². The molecule has 0 saturated heterocycles. The number of aromatic amines is 1. The van der Waals surface area contributed by atoms with E-state index in [2.05, 4.69) is 35.1 Å². The molecule has 6 nitrogen and oxygen atoms in total. The van der Waals surface area contributed by atoms with E-state index >= 15 is 0 Å². The van der Waals surface area contributed by atoms with Crippen LogP contribution in [0.3, 0.4) is 0 Å². The van der Waals surface area contributed by atoms with Gasteiger partial charge in [-0.2, -0.15) is 0 Å². The van der Waals surface area contributed by atoms with E-state index in [1.165, 1.54) is 32.1 Å². The molecule has 0 aliphatic heterocycles. The monoisotopic (exact) mass is 420 g/mol. The highest BCUT2D eigenvalue weighted by molar-refractivity contribution is 5.99. The summed E-state index contributed by atoms with van der Waals surface area (Å²) in [5, 5.41) is 3.06. The third kappa shape index (κ3) is 5.01. The van der Waals surface area contributed by atoms with Crippen LogP contribution in [-0.2, 0) is 4.79 Å². The third-order valence-electron chi connectivity index (χ3n) is 6.10. The highest BCUT2D eigenvalue weighted by Gasteiger charge is 2.21. The number of benzene rings is 2. The van der Waals surface area contributed by atoms with Crippen molar-refractivity contribution < 1.29 is 9.53 Å². The van der Waals surface area contributed by atoms with E-state index in [9.17, 15) is 4.79 Å². The first-order valence-electron chi connectivity index (χ1n) is 11.4. The molecule has 6 heteroatoms. The van der Waals surface area contributed by atoms with Crippen LogP contribution in [0.2, 0.25) is 0 Å². The lowest BCUT2D eigenvalue weighted by Crippen LogP contribution is -2.26. The molecular formula is C25H32N4O2. The largest absolute Gasteiger partial charge is 0.484 e. The van der Waals surface area contributed by atoms with Crippen LogP contribution < -0.4 is 15.0 Å². The molecule has 1 fully saturated rings. The van der Waals surface area contributed by atoms with Gasteiger partial charge in [0.25, 0.3) is 5.91 Å². The summed E-state index contributed by atoms with van der Waals surface area (Å²) in [5.41, 5.74) is 3.71. The Hall–Kier alpha value is -3.02. The van der Waals surface area contributed by atoms with E-state index in [4.69, 9.17) is 9.72 Å². The van der Waals surface area contributed by atoms with E-state index in [0.717, 1.165) is 41.3 Å². The van der Waals surface area contributed by atoms with Gasteiger partial charge in [-0.3, -0.25) is 4.79 Å². The molecule has 1 aromatic heterocycles. The Morgan fingerprint density at radius 3 is 2.58 bits per heavy atom. The highest BCUT2D eigenvalue weighted by Crippen LogP contribution is 2.35. The molecule has 1 aliphatic carbocycles. The van der Waals surface area contributed by atoms with Crippen molar-refractivity contribution in [2.75, 3.05) is 29.9 Å². The molecule has 164 valence electrons. The van der Waals surface area contributed by atoms with Gasteiger partial charge in [0.1, 0.15) is 11.6 Å². The molecule has 2 N–H and O–H groups in total. The molecule has 0 atom stereocenters. The number of nitrogens with zero attached hydrogens (tertiary/aromatic N) is 2. The zero-order chi connectivity index (χ0) is 21.6. The zero-order valence-electron chi connectivity index (χ0n) is 18.5. The van der Waals surface area contributed by atoms with Crippen LogP contribution in [0.1, 0.15) is 57.7 Å². The van der Waals surface area contributed by atoms with Crippen LogP contribution in [0, 0.1) is 0 Å². The average Bonchev–Trinajstić information content (AvgIpc) is 3.23. The molecule has 0 unspecified atom stereocenters. The topological polar surface area (TPSA) is 70.2 Å². The fraction of sp³-hybridized carbons (Fsp3) is 0.440. The molecule has 1 amide bonds. The number of rotatable bonds is 8. The highest BCUT2D eigenvalue weighted by atomic mass is 16.5. The molecule has 3 aromatic rings. The summed E-state index contributed by atoms with van der Waals surface area (Å²) >= 11 is 0. The molecule has 2 aromatic carbocycles. The maximum Gasteiger partial charge on any atom is 0.262 e. The maximum atomic E-state index is 12.6. The number of imidazole rings is 1. The van der Waals surface area contributed by atoms with E-state index in [-0.39, 0.29) is 12.5 Å². The normalized spacial score (nSPS) is 14.5. The summed E-state index contributed by atoms with van der Waals surface area (Å²) in [6.45, 7) is 5.91. The lowest BCUT2D eigenvalue weighted by atomic mass is 9.89. The summed E-state index contributed by atoms with van der Waals surface area (Å²) in [4.78, 5) is 23.3.